The van der Waals surface area contributed by atoms with Crippen LogP contribution < -0.4 is 10.6 Å². The van der Waals surface area contributed by atoms with Gasteiger partial charge in [-0.2, -0.15) is 0 Å². The molecule has 17 heavy (non-hydrogen) atoms. The summed E-state index contributed by atoms with van der Waals surface area (Å²) in [5, 5.41) is 5.72. The Hall–Kier alpha value is -2.36. The zero-order chi connectivity index (χ0) is 12.1. The van der Waals surface area contributed by atoms with E-state index in [2.05, 4.69) is 15.6 Å². The lowest BCUT2D eigenvalue weighted by Crippen LogP contribution is -2.12. The third-order valence-electron chi connectivity index (χ3n) is 2.34. The zero-order valence-electron chi connectivity index (χ0n) is 9.47. The minimum atomic E-state index is -0.161. The molecular weight excluding hydrogens is 214 g/mol. The van der Waals surface area contributed by atoms with Gasteiger partial charge in [0.1, 0.15) is 5.82 Å². The van der Waals surface area contributed by atoms with Crippen LogP contribution in [-0.2, 0) is 0 Å². The molecule has 0 fully saturated rings. The van der Waals surface area contributed by atoms with Crippen molar-refractivity contribution in [2.75, 3.05) is 17.7 Å². The van der Waals surface area contributed by atoms with Gasteiger partial charge >= 0.3 is 0 Å². The molecule has 4 nitrogen and oxygen atoms in total. The number of pyridine rings is 1. The summed E-state index contributed by atoms with van der Waals surface area (Å²) in [6.07, 6.45) is 1.64. The molecule has 0 saturated carbocycles. The fraction of sp³-hybridized carbons (Fsp3) is 0.0769. The number of nitrogens with one attached hydrogen (secondary N) is 2. The molecule has 2 aromatic rings. The average molecular weight is 227 g/mol. The van der Waals surface area contributed by atoms with Crippen molar-refractivity contribution in [2.24, 2.45) is 0 Å². The van der Waals surface area contributed by atoms with Crippen molar-refractivity contribution in [3.8, 4) is 0 Å². The molecule has 2 N–H and O–H groups in total. The van der Waals surface area contributed by atoms with E-state index in [-0.39, 0.29) is 5.91 Å². The number of carbonyl (C=O) groups excluding carboxylic acids is 1. The molecule has 0 spiro atoms. The van der Waals surface area contributed by atoms with E-state index < -0.39 is 0 Å². The van der Waals surface area contributed by atoms with Crippen LogP contribution >= 0.6 is 0 Å². The molecule has 1 amide bonds. The molecule has 4 heteroatoms. The summed E-state index contributed by atoms with van der Waals surface area (Å²) in [4.78, 5) is 15.9. The van der Waals surface area contributed by atoms with Gasteiger partial charge in [0.05, 0.1) is 0 Å². The summed E-state index contributed by atoms with van der Waals surface area (Å²) in [7, 11) is 1.84. The van der Waals surface area contributed by atoms with Gasteiger partial charge in [-0.15, -0.1) is 0 Å². The molecule has 2 rings (SSSR count). The molecule has 0 aliphatic rings. The average Bonchev–Trinajstić information content (AvgIpc) is 2.40. The van der Waals surface area contributed by atoms with Gasteiger partial charge in [-0.05, 0) is 36.4 Å². The van der Waals surface area contributed by atoms with Crippen LogP contribution in [0.1, 0.15) is 10.4 Å². The van der Waals surface area contributed by atoms with E-state index in [9.17, 15) is 4.79 Å². The minimum Gasteiger partial charge on any atom is -0.388 e. The number of carbonyl (C=O) groups is 1. The maximum absolute atomic E-state index is 11.8. The third kappa shape index (κ3) is 2.81. The van der Waals surface area contributed by atoms with Crippen LogP contribution in [-0.4, -0.2) is 17.9 Å². The van der Waals surface area contributed by atoms with E-state index in [1.54, 1.807) is 30.5 Å². The van der Waals surface area contributed by atoms with Crippen LogP contribution in [0.25, 0.3) is 0 Å². The first-order chi connectivity index (χ1) is 8.29. The topological polar surface area (TPSA) is 54.0 Å². The van der Waals surface area contributed by atoms with Crippen molar-refractivity contribution in [3.05, 3.63) is 54.2 Å². The van der Waals surface area contributed by atoms with E-state index in [0.29, 0.717) is 11.4 Å². The summed E-state index contributed by atoms with van der Waals surface area (Å²) >= 11 is 0. The monoisotopic (exact) mass is 227 g/mol. The third-order valence-corrected chi connectivity index (χ3v) is 2.34. The van der Waals surface area contributed by atoms with Gasteiger partial charge in [0, 0.05) is 24.5 Å². The number of amides is 1. The van der Waals surface area contributed by atoms with Crippen molar-refractivity contribution >= 4 is 17.4 Å². The van der Waals surface area contributed by atoms with Gasteiger partial charge in [-0.3, -0.25) is 4.79 Å². The second-order valence-electron chi connectivity index (χ2n) is 3.50. The van der Waals surface area contributed by atoms with E-state index in [4.69, 9.17) is 0 Å². The summed E-state index contributed by atoms with van der Waals surface area (Å²) in [5.41, 5.74) is 1.58. The first-order valence-electron chi connectivity index (χ1n) is 5.30. The van der Waals surface area contributed by atoms with Gasteiger partial charge in [-0.25, -0.2) is 4.98 Å². The second kappa shape index (κ2) is 5.12. The molecule has 1 aromatic heterocycles. The fourth-order valence-electron chi connectivity index (χ4n) is 1.41. The molecule has 0 bridgehead atoms. The molecule has 1 aromatic carbocycles. The first-order valence-corrected chi connectivity index (χ1v) is 5.30. The van der Waals surface area contributed by atoms with E-state index >= 15 is 0 Å². The summed E-state index contributed by atoms with van der Waals surface area (Å²) in [6, 6.07) is 12.6. The maximum Gasteiger partial charge on any atom is 0.256 e. The molecule has 86 valence electrons. The highest BCUT2D eigenvalue weighted by Gasteiger charge is 2.05. The minimum absolute atomic E-state index is 0.161. The Balaban J connectivity index is 2.09. The largest absolute Gasteiger partial charge is 0.388 e. The molecule has 0 saturated heterocycles. The Morgan fingerprint density at radius 2 is 1.88 bits per heavy atom. The maximum atomic E-state index is 11.8. The van der Waals surface area contributed by atoms with Crippen LogP contribution in [0, 0.1) is 0 Å². The number of nitrogens with zero attached hydrogens (tertiary/aromatic N) is 1. The van der Waals surface area contributed by atoms with Crippen LogP contribution in [0.15, 0.2) is 48.7 Å². The Labute approximate surface area is 99.7 Å². The van der Waals surface area contributed by atoms with E-state index in [1.807, 2.05) is 25.2 Å². The molecular formula is C13H13N3O. The Morgan fingerprint density at radius 1 is 1.12 bits per heavy atom. The smallest absolute Gasteiger partial charge is 0.256 e. The molecule has 1 heterocycles. The van der Waals surface area contributed by atoms with Gasteiger partial charge in [0.2, 0.25) is 0 Å². The number of hydrogen-bond donors (Lipinski definition) is 2. The Kier molecular flexibility index (Phi) is 3.35. The van der Waals surface area contributed by atoms with Crippen LogP contribution in [0.5, 0.6) is 0 Å². The number of aromatic nitrogens is 1. The molecule has 0 radical (unpaired) electrons. The van der Waals surface area contributed by atoms with Crippen molar-refractivity contribution in [1.29, 1.82) is 0 Å². The Morgan fingerprint density at radius 3 is 2.47 bits per heavy atom. The predicted octanol–water partition coefficient (Wildman–Crippen LogP) is 2.38. The second-order valence-corrected chi connectivity index (χ2v) is 3.50. The quantitative estimate of drug-likeness (QED) is 0.846. The van der Waals surface area contributed by atoms with Gasteiger partial charge < -0.3 is 10.6 Å². The van der Waals surface area contributed by atoms with Gasteiger partial charge in [0.15, 0.2) is 0 Å². The fourth-order valence-corrected chi connectivity index (χ4v) is 1.41. The number of anilines is 2. The molecule has 0 unspecified atom stereocenters. The lowest BCUT2D eigenvalue weighted by atomic mass is 10.2. The normalized spacial score (nSPS) is 9.71. The van der Waals surface area contributed by atoms with Crippen LogP contribution in [0.2, 0.25) is 0 Å². The molecule has 0 aliphatic carbocycles. The van der Waals surface area contributed by atoms with Gasteiger partial charge in [-0.1, -0.05) is 6.07 Å². The van der Waals surface area contributed by atoms with E-state index in [1.165, 1.54) is 0 Å². The Bertz CT molecular complexity index is 494. The standard InChI is InChI=1S/C13H13N3O/c1-14-11-7-5-10(6-8-11)13(17)16-12-4-2-3-9-15-12/h2-9,14H,1H3,(H,15,16,17). The zero-order valence-corrected chi connectivity index (χ0v) is 9.47. The number of benzene rings is 1. The van der Waals surface area contributed by atoms with Crippen LogP contribution in [0.4, 0.5) is 11.5 Å². The molecule has 0 atom stereocenters. The number of hydrogen-bond acceptors (Lipinski definition) is 3. The highest BCUT2D eigenvalue weighted by atomic mass is 16.1. The van der Waals surface area contributed by atoms with Crippen molar-refractivity contribution < 1.29 is 4.79 Å². The predicted molar refractivity (Wildman–Crippen MR) is 68.2 cm³/mol. The van der Waals surface area contributed by atoms with Crippen molar-refractivity contribution in [2.45, 2.75) is 0 Å². The highest BCUT2D eigenvalue weighted by molar-refractivity contribution is 6.03. The lowest BCUT2D eigenvalue weighted by Gasteiger charge is -2.05. The van der Waals surface area contributed by atoms with Crippen molar-refractivity contribution in [1.82, 2.24) is 4.98 Å². The van der Waals surface area contributed by atoms with Gasteiger partial charge in [0.25, 0.3) is 5.91 Å². The van der Waals surface area contributed by atoms with Crippen LogP contribution in [0.3, 0.4) is 0 Å². The highest BCUT2D eigenvalue weighted by Crippen LogP contribution is 2.10. The molecule has 0 aliphatic heterocycles. The summed E-state index contributed by atoms with van der Waals surface area (Å²) in [6.45, 7) is 0. The summed E-state index contributed by atoms with van der Waals surface area (Å²) < 4.78 is 0. The van der Waals surface area contributed by atoms with E-state index in [0.717, 1.165) is 5.69 Å². The lowest BCUT2D eigenvalue weighted by molar-refractivity contribution is 0.102. The first kappa shape index (κ1) is 11.1. The summed E-state index contributed by atoms with van der Waals surface area (Å²) in [5.74, 6) is 0.390. The number of rotatable bonds is 3. The SMILES string of the molecule is CNc1ccc(C(=O)Nc2ccccn2)cc1. The van der Waals surface area contributed by atoms with Crippen molar-refractivity contribution in [3.63, 3.8) is 0 Å².